The second-order valence-electron chi connectivity index (χ2n) is 7.11. The smallest absolute Gasteiger partial charge is 0.409 e. The molecule has 0 aliphatic carbocycles. The number of rotatable bonds is 3. The topological polar surface area (TPSA) is 47.4 Å². The average Bonchev–Trinajstić information content (AvgIpc) is 3.05. The summed E-state index contributed by atoms with van der Waals surface area (Å²) in [6, 6.07) is 12.4. The van der Waals surface area contributed by atoms with E-state index in [1.165, 1.54) is 12.7 Å². The van der Waals surface area contributed by atoms with Crippen LogP contribution in [0.5, 0.6) is 0 Å². The predicted octanol–water partition coefficient (Wildman–Crippen LogP) is 5.38. The third-order valence-electron chi connectivity index (χ3n) is 5.37. The summed E-state index contributed by atoms with van der Waals surface area (Å²) in [5.74, 6) is 0. The molecule has 3 aromatic rings. The lowest BCUT2D eigenvalue weighted by Crippen LogP contribution is -2.35. The second-order valence-corrected chi connectivity index (χ2v) is 8.22. The van der Waals surface area contributed by atoms with Crippen molar-refractivity contribution in [3.63, 3.8) is 0 Å². The van der Waals surface area contributed by atoms with Crippen LogP contribution in [-0.4, -0.2) is 34.2 Å². The molecule has 0 saturated heterocycles. The zero-order valence-electron chi connectivity index (χ0n) is 15.8. The molecule has 5 nitrogen and oxygen atoms in total. The summed E-state index contributed by atoms with van der Waals surface area (Å²) in [6.07, 6.45) is 1.31. The number of amides is 1. The normalized spacial score (nSPS) is 14.8. The van der Waals surface area contributed by atoms with Crippen LogP contribution in [0.25, 0.3) is 11.0 Å². The molecule has 0 N–H and O–H groups in total. The molecular formula is C21H21BrClN3O2. The largest absolute Gasteiger partial charge is 0.453 e. The average molecular weight is 463 g/mol. The Kier molecular flexibility index (Phi) is 5.34. The van der Waals surface area contributed by atoms with Crippen molar-refractivity contribution in [1.82, 2.24) is 14.5 Å². The Hall–Kier alpha value is -2.05. The first-order valence-electron chi connectivity index (χ1n) is 9.24. The minimum Gasteiger partial charge on any atom is -0.453 e. The summed E-state index contributed by atoms with van der Waals surface area (Å²) in [6.45, 7) is 3.34. The van der Waals surface area contributed by atoms with E-state index in [0.29, 0.717) is 13.1 Å². The Morgan fingerprint density at radius 1 is 1.32 bits per heavy atom. The van der Waals surface area contributed by atoms with Crippen LogP contribution in [0, 0.1) is 0 Å². The van der Waals surface area contributed by atoms with Gasteiger partial charge in [-0.1, -0.05) is 35.9 Å². The summed E-state index contributed by atoms with van der Waals surface area (Å²) in [7, 11) is 1.42. The van der Waals surface area contributed by atoms with Crippen LogP contribution in [0.3, 0.4) is 0 Å². The molecule has 0 radical (unpaired) electrons. The van der Waals surface area contributed by atoms with Gasteiger partial charge in [-0.05, 0) is 59.0 Å². The van der Waals surface area contributed by atoms with E-state index in [1.54, 1.807) is 4.90 Å². The van der Waals surface area contributed by atoms with Crippen molar-refractivity contribution in [3.8, 4) is 0 Å². The Bertz CT molecular complexity index is 1050. The molecule has 1 atom stereocenters. The SMILES string of the molecule is COC(=O)N1CCc2ccc3c(nc(Br)n3C(C)Cc3ccccc3Cl)c2C1. The van der Waals surface area contributed by atoms with E-state index in [0.717, 1.165) is 44.8 Å². The van der Waals surface area contributed by atoms with Crippen LogP contribution >= 0.6 is 27.5 Å². The Morgan fingerprint density at radius 3 is 2.86 bits per heavy atom. The molecule has 2 aromatic carbocycles. The fourth-order valence-electron chi connectivity index (χ4n) is 3.94. The summed E-state index contributed by atoms with van der Waals surface area (Å²) in [5, 5.41) is 0.779. The molecule has 1 unspecified atom stereocenters. The first-order valence-corrected chi connectivity index (χ1v) is 10.4. The van der Waals surface area contributed by atoms with Crippen molar-refractivity contribution in [2.24, 2.45) is 0 Å². The van der Waals surface area contributed by atoms with Gasteiger partial charge in [-0.15, -0.1) is 0 Å². The summed E-state index contributed by atoms with van der Waals surface area (Å²) in [5.41, 5.74) is 5.43. The minimum absolute atomic E-state index is 0.164. The van der Waals surface area contributed by atoms with Crippen LogP contribution in [0.2, 0.25) is 5.02 Å². The molecule has 0 saturated carbocycles. The number of ether oxygens (including phenoxy) is 1. The fraction of sp³-hybridized carbons (Fsp3) is 0.333. The van der Waals surface area contributed by atoms with Crippen molar-refractivity contribution in [3.05, 3.63) is 62.8 Å². The number of halogens is 2. The highest BCUT2D eigenvalue weighted by atomic mass is 79.9. The zero-order valence-corrected chi connectivity index (χ0v) is 18.1. The van der Waals surface area contributed by atoms with E-state index < -0.39 is 0 Å². The van der Waals surface area contributed by atoms with Gasteiger partial charge in [0.1, 0.15) is 0 Å². The Balaban J connectivity index is 1.72. The van der Waals surface area contributed by atoms with Crippen molar-refractivity contribution >= 4 is 44.7 Å². The molecule has 1 amide bonds. The third kappa shape index (κ3) is 3.40. The lowest BCUT2D eigenvalue weighted by molar-refractivity contribution is 0.119. The predicted molar refractivity (Wildman–Crippen MR) is 114 cm³/mol. The summed E-state index contributed by atoms with van der Waals surface area (Å²) < 4.78 is 7.87. The van der Waals surface area contributed by atoms with Gasteiger partial charge in [0.25, 0.3) is 0 Å². The highest BCUT2D eigenvalue weighted by Gasteiger charge is 2.26. The molecule has 7 heteroatoms. The molecule has 4 rings (SSSR count). The van der Waals surface area contributed by atoms with Crippen molar-refractivity contribution < 1.29 is 9.53 Å². The number of methoxy groups -OCH3 is 1. The number of carbonyl (C=O) groups excluding carboxylic acids is 1. The quantitative estimate of drug-likeness (QED) is 0.525. The number of hydrogen-bond donors (Lipinski definition) is 0. The monoisotopic (exact) mass is 461 g/mol. The molecule has 1 aliphatic heterocycles. The highest BCUT2D eigenvalue weighted by Crippen LogP contribution is 2.33. The second kappa shape index (κ2) is 7.76. The van der Waals surface area contributed by atoms with Gasteiger partial charge in [-0.2, -0.15) is 0 Å². The lowest BCUT2D eigenvalue weighted by atomic mass is 9.98. The van der Waals surface area contributed by atoms with E-state index in [4.69, 9.17) is 21.3 Å². The highest BCUT2D eigenvalue weighted by molar-refractivity contribution is 9.10. The lowest BCUT2D eigenvalue weighted by Gasteiger charge is -2.28. The van der Waals surface area contributed by atoms with Crippen LogP contribution < -0.4 is 0 Å². The van der Waals surface area contributed by atoms with Gasteiger partial charge < -0.3 is 14.2 Å². The number of fused-ring (bicyclic) bond motifs is 3. The maximum Gasteiger partial charge on any atom is 0.409 e. The van der Waals surface area contributed by atoms with Gasteiger partial charge in [0, 0.05) is 23.2 Å². The van der Waals surface area contributed by atoms with Gasteiger partial charge in [0.05, 0.1) is 24.7 Å². The van der Waals surface area contributed by atoms with E-state index in [1.807, 2.05) is 18.2 Å². The van der Waals surface area contributed by atoms with Gasteiger partial charge in [0.2, 0.25) is 0 Å². The van der Waals surface area contributed by atoms with E-state index in [-0.39, 0.29) is 12.1 Å². The molecule has 0 spiro atoms. The number of carbonyl (C=O) groups is 1. The van der Waals surface area contributed by atoms with Crippen LogP contribution in [0.15, 0.2) is 41.1 Å². The molecule has 0 bridgehead atoms. The van der Waals surface area contributed by atoms with Gasteiger partial charge in [0.15, 0.2) is 4.73 Å². The van der Waals surface area contributed by atoms with Crippen molar-refractivity contribution in [1.29, 1.82) is 0 Å². The molecule has 2 heterocycles. The number of imidazole rings is 1. The summed E-state index contributed by atoms with van der Waals surface area (Å²) in [4.78, 5) is 18.5. The van der Waals surface area contributed by atoms with Gasteiger partial charge in [-0.25, -0.2) is 9.78 Å². The summed E-state index contributed by atoms with van der Waals surface area (Å²) >= 11 is 10.00. The molecule has 0 fully saturated rings. The number of nitrogens with zero attached hydrogens (tertiary/aromatic N) is 3. The third-order valence-corrected chi connectivity index (χ3v) is 6.30. The molecule has 1 aromatic heterocycles. The van der Waals surface area contributed by atoms with Gasteiger partial charge >= 0.3 is 6.09 Å². The van der Waals surface area contributed by atoms with E-state index >= 15 is 0 Å². The first-order chi connectivity index (χ1) is 13.5. The molecule has 1 aliphatic rings. The number of aromatic nitrogens is 2. The Labute approximate surface area is 177 Å². The van der Waals surface area contributed by atoms with Crippen molar-refractivity contribution in [2.75, 3.05) is 13.7 Å². The number of benzene rings is 2. The fourth-order valence-corrected chi connectivity index (χ4v) is 4.87. The van der Waals surface area contributed by atoms with Crippen LogP contribution in [0.4, 0.5) is 4.79 Å². The van der Waals surface area contributed by atoms with Crippen LogP contribution in [0.1, 0.15) is 29.7 Å². The molecule has 28 heavy (non-hydrogen) atoms. The number of hydrogen-bond acceptors (Lipinski definition) is 3. The maximum atomic E-state index is 12.0. The minimum atomic E-state index is -0.298. The molecular weight excluding hydrogens is 442 g/mol. The van der Waals surface area contributed by atoms with Crippen molar-refractivity contribution in [2.45, 2.75) is 32.4 Å². The standard InChI is InChI=1S/C21H21BrClN3O2/c1-13(11-15-5-3-4-6-17(15)23)26-18-8-7-14-9-10-25(21(27)28-2)12-16(14)19(18)24-20(26)22/h3-8,13H,9-12H2,1-2H3. The maximum absolute atomic E-state index is 12.0. The van der Waals surface area contributed by atoms with Gasteiger partial charge in [-0.3, -0.25) is 0 Å². The molecule has 146 valence electrons. The first kappa shape index (κ1) is 19.3. The zero-order chi connectivity index (χ0) is 19.8. The van der Waals surface area contributed by atoms with E-state index in [2.05, 4.69) is 45.6 Å². The van der Waals surface area contributed by atoms with Crippen LogP contribution in [-0.2, 0) is 24.1 Å². The van der Waals surface area contributed by atoms with E-state index in [9.17, 15) is 4.79 Å². The Morgan fingerprint density at radius 2 is 2.11 bits per heavy atom.